The first-order valence-corrected chi connectivity index (χ1v) is 13.1. The molecule has 36 heavy (non-hydrogen) atoms. The molecule has 0 amide bonds. The van der Waals surface area contributed by atoms with Gasteiger partial charge in [0, 0.05) is 24.0 Å². The third-order valence-electron chi connectivity index (χ3n) is 6.14. The molecule has 5 rings (SSSR count). The lowest BCUT2D eigenvalue weighted by atomic mass is 10.0. The largest absolute Gasteiger partial charge is 0.462 e. The van der Waals surface area contributed by atoms with Crippen molar-refractivity contribution in [2.45, 2.75) is 39.9 Å². The van der Waals surface area contributed by atoms with E-state index < -0.39 is 0 Å². The van der Waals surface area contributed by atoms with Gasteiger partial charge in [-0.05, 0) is 45.4 Å². The lowest BCUT2D eigenvalue weighted by Gasteiger charge is -2.36. The standard InChI is InChI=1S/C28H30N4O3S/c1-5-34-28(33)24-21(20-12-10-17(2)11-13-20)16-36-27(24)31-25-26(32-14-18(3)35-19(4)15-32)30-23-9-7-6-8-22(23)29-25/h6-13,16,18-19H,5,14-15H2,1-4H3,(H,29,31)/t18-,19-/m1/s1. The van der Waals surface area contributed by atoms with Gasteiger partial charge < -0.3 is 19.7 Å². The molecule has 8 heteroatoms. The maximum Gasteiger partial charge on any atom is 0.341 e. The zero-order valence-electron chi connectivity index (χ0n) is 20.9. The fourth-order valence-electron chi connectivity index (χ4n) is 4.55. The Hall–Kier alpha value is -3.49. The van der Waals surface area contributed by atoms with Crippen LogP contribution in [-0.2, 0) is 9.47 Å². The number of nitrogens with zero attached hydrogens (tertiary/aromatic N) is 3. The van der Waals surface area contributed by atoms with Gasteiger partial charge in [-0.2, -0.15) is 0 Å². The molecule has 2 aromatic carbocycles. The normalized spacial score (nSPS) is 17.8. The van der Waals surface area contributed by atoms with Crippen molar-refractivity contribution in [3.05, 3.63) is 65.0 Å². The third-order valence-corrected chi connectivity index (χ3v) is 7.03. The number of anilines is 3. The highest BCUT2D eigenvalue weighted by molar-refractivity contribution is 7.15. The second-order valence-electron chi connectivity index (χ2n) is 9.11. The van der Waals surface area contributed by atoms with Crippen LogP contribution in [0.25, 0.3) is 22.2 Å². The Kier molecular flexibility index (Phi) is 6.89. The second kappa shape index (κ2) is 10.2. The quantitative estimate of drug-likeness (QED) is 0.315. The van der Waals surface area contributed by atoms with Gasteiger partial charge >= 0.3 is 5.97 Å². The fourth-order valence-corrected chi connectivity index (χ4v) is 5.51. The van der Waals surface area contributed by atoms with E-state index in [9.17, 15) is 4.79 Å². The number of carbonyl (C=O) groups excluding carboxylic acids is 1. The van der Waals surface area contributed by atoms with Crippen LogP contribution in [0.5, 0.6) is 0 Å². The number of para-hydroxylation sites is 2. The molecule has 0 unspecified atom stereocenters. The third kappa shape index (κ3) is 4.92. The summed E-state index contributed by atoms with van der Waals surface area (Å²) < 4.78 is 11.4. The van der Waals surface area contributed by atoms with Crippen LogP contribution in [0.2, 0.25) is 0 Å². The highest BCUT2D eigenvalue weighted by atomic mass is 32.1. The number of aromatic nitrogens is 2. The Labute approximate surface area is 215 Å². The maximum absolute atomic E-state index is 13.1. The fraction of sp³-hybridized carbons (Fsp3) is 0.321. The molecule has 1 aliphatic heterocycles. The van der Waals surface area contributed by atoms with Crippen LogP contribution >= 0.6 is 11.3 Å². The van der Waals surface area contributed by atoms with Gasteiger partial charge in [-0.3, -0.25) is 0 Å². The number of rotatable bonds is 6. The van der Waals surface area contributed by atoms with E-state index in [1.54, 1.807) is 0 Å². The Morgan fingerprint density at radius 1 is 1.08 bits per heavy atom. The van der Waals surface area contributed by atoms with Gasteiger partial charge in [0.1, 0.15) is 10.6 Å². The Morgan fingerprint density at radius 3 is 2.42 bits per heavy atom. The molecule has 2 atom stereocenters. The Bertz CT molecular complexity index is 1380. The summed E-state index contributed by atoms with van der Waals surface area (Å²) in [5.41, 5.74) is 5.08. The summed E-state index contributed by atoms with van der Waals surface area (Å²) in [5.74, 6) is 0.995. The van der Waals surface area contributed by atoms with Crippen molar-refractivity contribution < 1.29 is 14.3 Å². The van der Waals surface area contributed by atoms with Crippen molar-refractivity contribution in [3.8, 4) is 11.1 Å². The second-order valence-corrected chi connectivity index (χ2v) is 9.99. The number of hydrogen-bond acceptors (Lipinski definition) is 8. The smallest absolute Gasteiger partial charge is 0.341 e. The maximum atomic E-state index is 13.1. The van der Waals surface area contributed by atoms with Crippen molar-refractivity contribution in [1.29, 1.82) is 0 Å². The number of thiophene rings is 1. The van der Waals surface area contributed by atoms with E-state index in [1.807, 2.05) is 67.8 Å². The minimum absolute atomic E-state index is 0.0693. The minimum atomic E-state index is -0.360. The van der Waals surface area contributed by atoms with Gasteiger partial charge in [-0.25, -0.2) is 14.8 Å². The summed E-state index contributed by atoms with van der Waals surface area (Å²) in [5, 5.41) is 6.14. The lowest BCUT2D eigenvalue weighted by molar-refractivity contribution is -0.00541. The van der Waals surface area contributed by atoms with E-state index in [-0.39, 0.29) is 18.2 Å². The number of esters is 1. The van der Waals surface area contributed by atoms with E-state index in [2.05, 4.69) is 24.1 Å². The molecule has 0 saturated carbocycles. The number of fused-ring (bicyclic) bond motifs is 1. The van der Waals surface area contributed by atoms with Crippen molar-refractivity contribution in [3.63, 3.8) is 0 Å². The molecule has 7 nitrogen and oxygen atoms in total. The zero-order chi connectivity index (χ0) is 25.2. The molecule has 0 spiro atoms. The summed E-state index contributed by atoms with van der Waals surface area (Å²) in [6.45, 7) is 9.70. The van der Waals surface area contributed by atoms with Crippen LogP contribution in [-0.4, -0.2) is 47.8 Å². The highest BCUT2D eigenvalue weighted by Gasteiger charge is 2.28. The molecule has 0 bridgehead atoms. The lowest BCUT2D eigenvalue weighted by Crippen LogP contribution is -2.46. The molecule has 3 heterocycles. The molecular weight excluding hydrogens is 472 g/mol. The predicted molar refractivity (Wildman–Crippen MR) is 145 cm³/mol. The predicted octanol–water partition coefficient (Wildman–Crippen LogP) is 6.20. The summed E-state index contributed by atoms with van der Waals surface area (Å²) in [7, 11) is 0. The number of hydrogen-bond donors (Lipinski definition) is 1. The van der Waals surface area contributed by atoms with Crippen LogP contribution in [0, 0.1) is 6.92 Å². The molecule has 2 aromatic heterocycles. The molecule has 1 aliphatic rings. The Morgan fingerprint density at radius 2 is 1.75 bits per heavy atom. The van der Waals surface area contributed by atoms with Gasteiger partial charge in [-0.1, -0.05) is 42.0 Å². The molecule has 1 fully saturated rings. The van der Waals surface area contributed by atoms with E-state index in [0.717, 1.165) is 33.5 Å². The minimum Gasteiger partial charge on any atom is -0.462 e. The van der Waals surface area contributed by atoms with Gasteiger partial charge in [0.2, 0.25) is 0 Å². The summed E-state index contributed by atoms with van der Waals surface area (Å²) >= 11 is 1.46. The topological polar surface area (TPSA) is 76.6 Å². The molecule has 186 valence electrons. The van der Waals surface area contributed by atoms with Gasteiger partial charge in [-0.15, -0.1) is 11.3 Å². The monoisotopic (exact) mass is 502 g/mol. The van der Waals surface area contributed by atoms with E-state index in [4.69, 9.17) is 19.4 Å². The van der Waals surface area contributed by atoms with Crippen LogP contribution in [0.4, 0.5) is 16.6 Å². The zero-order valence-corrected chi connectivity index (χ0v) is 21.8. The summed E-state index contributed by atoms with van der Waals surface area (Å²) in [6, 6.07) is 16.0. The van der Waals surface area contributed by atoms with Crippen molar-refractivity contribution >= 4 is 45.0 Å². The number of nitrogens with one attached hydrogen (secondary N) is 1. The van der Waals surface area contributed by atoms with Gasteiger partial charge in [0.15, 0.2) is 11.6 Å². The SMILES string of the molecule is CCOC(=O)c1c(-c2ccc(C)cc2)csc1Nc1nc2ccccc2nc1N1C[C@@H](C)O[C@H](C)C1. The van der Waals surface area contributed by atoms with E-state index >= 15 is 0 Å². The number of carbonyl (C=O) groups is 1. The summed E-state index contributed by atoms with van der Waals surface area (Å²) in [6.07, 6.45) is 0.139. The van der Waals surface area contributed by atoms with Crippen molar-refractivity contribution in [2.75, 3.05) is 29.9 Å². The average molecular weight is 503 g/mol. The number of ether oxygens (including phenoxy) is 2. The first-order valence-electron chi connectivity index (χ1n) is 12.2. The van der Waals surface area contributed by atoms with Crippen molar-refractivity contribution in [2.24, 2.45) is 0 Å². The summed E-state index contributed by atoms with van der Waals surface area (Å²) in [4.78, 5) is 25.3. The first kappa shape index (κ1) is 24.2. The highest BCUT2D eigenvalue weighted by Crippen LogP contribution is 2.39. The molecule has 1 saturated heterocycles. The molecule has 0 radical (unpaired) electrons. The van der Waals surface area contributed by atoms with Crippen LogP contribution < -0.4 is 10.2 Å². The van der Waals surface area contributed by atoms with Crippen LogP contribution in [0.15, 0.2) is 53.9 Å². The number of benzene rings is 2. The number of morpholine rings is 1. The molecule has 1 N–H and O–H groups in total. The van der Waals surface area contributed by atoms with Gasteiger partial charge in [0.25, 0.3) is 0 Å². The van der Waals surface area contributed by atoms with Crippen molar-refractivity contribution in [1.82, 2.24) is 9.97 Å². The van der Waals surface area contributed by atoms with Gasteiger partial charge in [0.05, 0.1) is 29.8 Å². The first-order chi connectivity index (χ1) is 17.4. The molecule has 4 aromatic rings. The van der Waals surface area contributed by atoms with E-state index in [1.165, 1.54) is 11.3 Å². The average Bonchev–Trinajstić information content (AvgIpc) is 3.27. The molecular formula is C28H30N4O3S. The Balaban J connectivity index is 1.61. The molecule has 0 aliphatic carbocycles. The van der Waals surface area contributed by atoms with Crippen LogP contribution in [0.3, 0.4) is 0 Å². The van der Waals surface area contributed by atoms with Crippen LogP contribution in [0.1, 0.15) is 36.7 Å². The van der Waals surface area contributed by atoms with E-state index in [0.29, 0.717) is 36.1 Å². The number of aryl methyl sites for hydroxylation is 1.